The van der Waals surface area contributed by atoms with Gasteiger partial charge in [0.15, 0.2) is 6.10 Å². The number of rotatable bonds is 43. The number of ether oxygens (including phenoxy) is 3. The van der Waals surface area contributed by atoms with Crippen molar-refractivity contribution in [2.75, 3.05) is 13.2 Å². The van der Waals surface area contributed by atoms with Gasteiger partial charge < -0.3 is 14.2 Å². The summed E-state index contributed by atoms with van der Waals surface area (Å²) in [5.74, 6) is -1.15. The fraction of sp³-hybridized carbons (Fsp3) is 0.542. The van der Waals surface area contributed by atoms with E-state index in [4.69, 9.17) is 14.2 Å². The lowest BCUT2D eigenvalue weighted by atomic mass is 10.1. The third-order valence-corrected chi connectivity index (χ3v) is 9.87. The molecule has 0 aliphatic rings. The molecule has 0 rings (SSSR count). The van der Waals surface area contributed by atoms with E-state index in [9.17, 15) is 14.4 Å². The number of esters is 3. The fourth-order valence-corrected chi connectivity index (χ4v) is 6.15. The lowest BCUT2D eigenvalue weighted by molar-refractivity contribution is -0.166. The van der Waals surface area contributed by atoms with E-state index in [1.807, 2.05) is 6.08 Å². The minimum Gasteiger partial charge on any atom is -0.462 e. The first-order valence-corrected chi connectivity index (χ1v) is 25.3. The van der Waals surface area contributed by atoms with E-state index >= 15 is 0 Å². The highest BCUT2D eigenvalue weighted by Crippen LogP contribution is 2.12. The maximum absolute atomic E-state index is 12.7. The van der Waals surface area contributed by atoms with Gasteiger partial charge in [0.25, 0.3) is 0 Å². The van der Waals surface area contributed by atoms with Crippen LogP contribution in [0.15, 0.2) is 146 Å². The van der Waals surface area contributed by atoms with Crippen LogP contribution in [0.4, 0.5) is 0 Å². The monoisotopic (exact) mass is 895 g/mol. The van der Waals surface area contributed by atoms with Crippen LogP contribution in [0.3, 0.4) is 0 Å². The predicted molar refractivity (Wildman–Crippen MR) is 279 cm³/mol. The van der Waals surface area contributed by atoms with Crippen LogP contribution in [0.2, 0.25) is 0 Å². The molecule has 1 unspecified atom stereocenters. The summed E-state index contributed by atoms with van der Waals surface area (Å²) in [4.78, 5) is 37.8. The standard InChI is InChI=1S/C59H90O6/c1-4-7-10-13-16-19-21-23-25-26-27-28-29-30-31-32-34-35-37-40-43-46-49-52-58(61)64-55-56(54-63-57(60)51-48-45-42-39-18-15-12-9-6-3)65-59(62)53-50-47-44-41-38-36-33-24-22-20-17-14-11-8-5-2/h7-8,10-11,16-17,19-20,23-25,27-28,30-31,33-35,38,40-41,43,47,50,56H,4-6,9,12-15,18,21-22,26,29,32,36-37,39,42,44-46,48-49,51-55H2,1-3H3/b10-7-,11-8-,19-16-,20-17-,25-23-,28-27-,31-30-,33-24-,35-34-,41-38-,43-40-,50-47-. The number of carbonyl (C=O) groups is 3. The quantitative estimate of drug-likeness (QED) is 0.0263. The molecular formula is C59H90O6. The minimum absolute atomic E-state index is 0.0786. The summed E-state index contributed by atoms with van der Waals surface area (Å²) in [6.07, 6.45) is 74.4. The molecule has 0 aliphatic heterocycles. The average Bonchev–Trinajstić information content (AvgIpc) is 3.30. The molecule has 0 amide bonds. The summed E-state index contributed by atoms with van der Waals surface area (Å²) in [7, 11) is 0. The van der Waals surface area contributed by atoms with Crippen molar-refractivity contribution < 1.29 is 28.6 Å². The number of carbonyl (C=O) groups excluding carboxylic acids is 3. The van der Waals surface area contributed by atoms with Gasteiger partial charge in [-0.3, -0.25) is 14.4 Å². The molecule has 0 N–H and O–H groups in total. The Morgan fingerprint density at radius 3 is 1.02 bits per heavy atom. The molecule has 0 saturated carbocycles. The predicted octanol–water partition coefficient (Wildman–Crippen LogP) is 16.9. The Bertz CT molecular complexity index is 1490. The van der Waals surface area contributed by atoms with Gasteiger partial charge in [0.05, 0.1) is 6.42 Å². The average molecular weight is 895 g/mol. The van der Waals surface area contributed by atoms with Crippen LogP contribution >= 0.6 is 0 Å². The van der Waals surface area contributed by atoms with E-state index in [0.717, 1.165) is 96.3 Å². The molecule has 65 heavy (non-hydrogen) atoms. The fourth-order valence-electron chi connectivity index (χ4n) is 6.15. The topological polar surface area (TPSA) is 78.9 Å². The second-order valence-electron chi connectivity index (χ2n) is 16.0. The van der Waals surface area contributed by atoms with Crippen LogP contribution in [-0.4, -0.2) is 37.2 Å². The van der Waals surface area contributed by atoms with Crippen LogP contribution in [0.5, 0.6) is 0 Å². The van der Waals surface area contributed by atoms with Gasteiger partial charge in [-0.2, -0.15) is 0 Å². The Kier molecular flexibility index (Phi) is 48.2. The Balaban J connectivity index is 4.55. The molecule has 0 aromatic carbocycles. The molecule has 6 nitrogen and oxygen atoms in total. The number of allylic oxidation sites excluding steroid dienone is 23. The molecule has 0 saturated heterocycles. The van der Waals surface area contributed by atoms with Crippen molar-refractivity contribution in [3.05, 3.63) is 146 Å². The van der Waals surface area contributed by atoms with Crippen LogP contribution in [0.1, 0.15) is 188 Å². The van der Waals surface area contributed by atoms with Crippen LogP contribution in [0, 0.1) is 0 Å². The zero-order valence-corrected chi connectivity index (χ0v) is 41.2. The summed E-state index contributed by atoms with van der Waals surface area (Å²) in [6, 6.07) is 0. The van der Waals surface area contributed by atoms with Crippen molar-refractivity contribution in [2.24, 2.45) is 0 Å². The first kappa shape index (κ1) is 60.3. The summed E-state index contributed by atoms with van der Waals surface area (Å²) < 4.78 is 16.6. The van der Waals surface area contributed by atoms with Gasteiger partial charge in [-0.25, -0.2) is 0 Å². The van der Waals surface area contributed by atoms with E-state index in [1.54, 1.807) is 6.08 Å². The SMILES string of the molecule is CC/C=C\C/C=C\C/C=C\C/C=C\C/C=C\C/C=C\C/C=C\CCCC(=O)OCC(COC(=O)CCCCCCCCCCC)OC(=O)C/C=C\C/C=C\C/C=C\C/C=C\C/C=C\CC. The summed E-state index contributed by atoms with van der Waals surface area (Å²) in [5.41, 5.74) is 0. The van der Waals surface area contributed by atoms with E-state index in [0.29, 0.717) is 19.3 Å². The van der Waals surface area contributed by atoms with Crippen LogP contribution in [-0.2, 0) is 28.6 Å². The first-order valence-electron chi connectivity index (χ1n) is 25.3. The largest absolute Gasteiger partial charge is 0.462 e. The molecule has 6 heteroatoms. The van der Waals surface area contributed by atoms with Crippen LogP contribution < -0.4 is 0 Å². The molecule has 0 aliphatic carbocycles. The Labute approximate surface area is 397 Å². The number of hydrogen-bond acceptors (Lipinski definition) is 6. The maximum Gasteiger partial charge on any atom is 0.310 e. The van der Waals surface area contributed by atoms with Gasteiger partial charge in [-0.05, 0) is 96.3 Å². The molecule has 362 valence electrons. The van der Waals surface area contributed by atoms with Gasteiger partial charge in [0, 0.05) is 12.8 Å². The Hall–Kier alpha value is -4.71. The lowest BCUT2D eigenvalue weighted by Crippen LogP contribution is -2.30. The molecule has 0 bridgehead atoms. The molecule has 0 fully saturated rings. The lowest BCUT2D eigenvalue weighted by Gasteiger charge is -2.18. The highest BCUT2D eigenvalue weighted by Gasteiger charge is 2.19. The van der Waals surface area contributed by atoms with Gasteiger partial charge in [0.1, 0.15) is 13.2 Å². The van der Waals surface area contributed by atoms with E-state index < -0.39 is 12.1 Å². The molecular weight excluding hydrogens is 805 g/mol. The van der Waals surface area contributed by atoms with Crippen molar-refractivity contribution in [3.8, 4) is 0 Å². The van der Waals surface area contributed by atoms with E-state index in [1.165, 1.54) is 38.5 Å². The molecule has 0 radical (unpaired) electrons. The Morgan fingerprint density at radius 1 is 0.338 bits per heavy atom. The van der Waals surface area contributed by atoms with Crippen LogP contribution in [0.25, 0.3) is 0 Å². The highest BCUT2D eigenvalue weighted by molar-refractivity contribution is 5.72. The summed E-state index contributed by atoms with van der Waals surface area (Å²) >= 11 is 0. The first-order chi connectivity index (χ1) is 32.0. The van der Waals surface area contributed by atoms with Gasteiger partial charge >= 0.3 is 17.9 Å². The van der Waals surface area contributed by atoms with Crippen molar-refractivity contribution in [1.82, 2.24) is 0 Å². The van der Waals surface area contributed by atoms with Crippen molar-refractivity contribution in [3.63, 3.8) is 0 Å². The molecule has 0 aromatic heterocycles. The van der Waals surface area contributed by atoms with E-state index in [2.05, 4.69) is 154 Å². The maximum atomic E-state index is 12.7. The minimum atomic E-state index is -0.859. The highest BCUT2D eigenvalue weighted by atomic mass is 16.6. The zero-order chi connectivity index (χ0) is 47.2. The molecule has 0 heterocycles. The molecule has 0 aromatic rings. The second kappa shape index (κ2) is 51.9. The van der Waals surface area contributed by atoms with Crippen molar-refractivity contribution in [1.29, 1.82) is 0 Å². The third-order valence-electron chi connectivity index (χ3n) is 9.87. The van der Waals surface area contributed by atoms with Gasteiger partial charge in [0.2, 0.25) is 0 Å². The van der Waals surface area contributed by atoms with Gasteiger partial charge in [-0.1, -0.05) is 218 Å². The van der Waals surface area contributed by atoms with Crippen molar-refractivity contribution in [2.45, 2.75) is 194 Å². The third kappa shape index (κ3) is 50.2. The van der Waals surface area contributed by atoms with Crippen molar-refractivity contribution >= 4 is 17.9 Å². The number of hydrogen-bond donors (Lipinski definition) is 0. The smallest absolute Gasteiger partial charge is 0.310 e. The summed E-state index contributed by atoms with van der Waals surface area (Å²) in [5, 5.41) is 0. The zero-order valence-electron chi connectivity index (χ0n) is 41.2. The van der Waals surface area contributed by atoms with E-state index in [-0.39, 0.29) is 38.0 Å². The second-order valence-corrected chi connectivity index (χ2v) is 16.0. The van der Waals surface area contributed by atoms with Gasteiger partial charge in [-0.15, -0.1) is 0 Å². The number of unbranched alkanes of at least 4 members (excludes halogenated alkanes) is 9. The molecule has 1 atom stereocenters. The normalized spacial score (nSPS) is 13.3. The summed E-state index contributed by atoms with van der Waals surface area (Å²) in [6.45, 7) is 6.22. The Morgan fingerprint density at radius 2 is 0.646 bits per heavy atom. The molecule has 0 spiro atoms.